The Morgan fingerprint density at radius 3 is 2.45 bits per heavy atom. The molecule has 0 saturated carbocycles. The molecule has 1 saturated heterocycles. The summed E-state index contributed by atoms with van der Waals surface area (Å²) in [4.78, 5) is 25.1. The summed E-state index contributed by atoms with van der Waals surface area (Å²) in [6.45, 7) is 6.73. The van der Waals surface area contributed by atoms with Gasteiger partial charge in [-0.25, -0.2) is 14.3 Å². The van der Waals surface area contributed by atoms with Crippen LogP contribution in [0.4, 0.5) is 4.79 Å². The van der Waals surface area contributed by atoms with Crippen molar-refractivity contribution in [3.05, 3.63) is 11.9 Å². The normalized spacial score (nSPS) is 16.5. The van der Waals surface area contributed by atoms with Gasteiger partial charge in [-0.15, -0.1) is 5.10 Å². The number of rotatable bonds is 2. The molecular weight excluding hydrogens is 288 g/mol. The van der Waals surface area contributed by atoms with E-state index >= 15 is 0 Å². The first-order valence-corrected chi connectivity index (χ1v) is 7.28. The first-order valence-electron chi connectivity index (χ1n) is 7.28. The number of hydrogen-bond acceptors (Lipinski definition) is 6. The number of methoxy groups -OCH3 is 1. The van der Waals surface area contributed by atoms with E-state index in [9.17, 15) is 9.59 Å². The SMILES string of the molecule is COC(=O)c1cn(C2CCN(C(=O)OC(C)(C)C)CC2)nn1. The van der Waals surface area contributed by atoms with Crippen LogP contribution in [0.15, 0.2) is 6.20 Å². The van der Waals surface area contributed by atoms with E-state index in [0.717, 1.165) is 12.8 Å². The highest BCUT2D eigenvalue weighted by Gasteiger charge is 2.28. The van der Waals surface area contributed by atoms with Crippen LogP contribution in [0.1, 0.15) is 50.1 Å². The lowest BCUT2D eigenvalue weighted by atomic mass is 10.1. The Balaban J connectivity index is 1.91. The molecule has 1 fully saturated rings. The van der Waals surface area contributed by atoms with Gasteiger partial charge in [-0.2, -0.15) is 0 Å². The molecule has 1 amide bonds. The maximum atomic E-state index is 12.0. The van der Waals surface area contributed by atoms with Gasteiger partial charge in [0.2, 0.25) is 0 Å². The van der Waals surface area contributed by atoms with Gasteiger partial charge >= 0.3 is 12.1 Å². The second-order valence-corrected chi connectivity index (χ2v) is 6.27. The Morgan fingerprint density at radius 1 is 1.27 bits per heavy atom. The molecule has 0 unspecified atom stereocenters. The third-order valence-electron chi connectivity index (χ3n) is 3.40. The van der Waals surface area contributed by atoms with Crippen LogP contribution in [0.25, 0.3) is 0 Å². The van der Waals surface area contributed by atoms with E-state index in [1.807, 2.05) is 20.8 Å². The van der Waals surface area contributed by atoms with E-state index < -0.39 is 11.6 Å². The molecule has 0 radical (unpaired) electrons. The third-order valence-corrected chi connectivity index (χ3v) is 3.40. The van der Waals surface area contributed by atoms with Crippen molar-refractivity contribution < 1.29 is 19.1 Å². The van der Waals surface area contributed by atoms with Crippen LogP contribution in [-0.2, 0) is 9.47 Å². The Labute approximate surface area is 129 Å². The van der Waals surface area contributed by atoms with Gasteiger partial charge in [-0.05, 0) is 33.6 Å². The van der Waals surface area contributed by atoms with Gasteiger partial charge < -0.3 is 14.4 Å². The van der Waals surface area contributed by atoms with Crippen LogP contribution in [0.5, 0.6) is 0 Å². The highest BCUT2D eigenvalue weighted by atomic mass is 16.6. The van der Waals surface area contributed by atoms with E-state index in [4.69, 9.17) is 4.74 Å². The number of carbonyl (C=O) groups is 2. The number of ether oxygens (including phenoxy) is 2. The van der Waals surface area contributed by atoms with Gasteiger partial charge in [0.25, 0.3) is 0 Å². The highest BCUT2D eigenvalue weighted by molar-refractivity contribution is 5.86. The second kappa shape index (κ2) is 6.33. The quantitative estimate of drug-likeness (QED) is 0.772. The Kier molecular flexibility index (Phi) is 4.68. The largest absolute Gasteiger partial charge is 0.464 e. The molecule has 0 spiro atoms. The van der Waals surface area contributed by atoms with Crippen molar-refractivity contribution in [2.24, 2.45) is 0 Å². The van der Waals surface area contributed by atoms with Crippen molar-refractivity contribution in [2.45, 2.75) is 45.3 Å². The average molecular weight is 310 g/mol. The third kappa shape index (κ3) is 3.96. The smallest absolute Gasteiger partial charge is 0.410 e. The Morgan fingerprint density at radius 2 is 1.91 bits per heavy atom. The zero-order valence-corrected chi connectivity index (χ0v) is 13.4. The van der Waals surface area contributed by atoms with E-state index in [1.165, 1.54) is 7.11 Å². The highest BCUT2D eigenvalue weighted by Crippen LogP contribution is 2.23. The summed E-state index contributed by atoms with van der Waals surface area (Å²) < 4.78 is 11.6. The van der Waals surface area contributed by atoms with Gasteiger partial charge in [0, 0.05) is 13.1 Å². The van der Waals surface area contributed by atoms with Crippen molar-refractivity contribution in [2.75, 3.05) is 20.2 Å². The lowest BCUT2D eigenvalue weighted by Crippen LogP contribution is -2.42. The molecule has 2 heterocycles. The molecule has 0 bridgehead atoms. The molecule has 1 aliphatic heterocycles. The topological polar surface area (TPSA) is 86.5 Å². The summed E-state index contributed by atoms with van der Waals surface area (Å²) in [6.07, 6.45) is 2.77. The van der Waals surface area contributed by atoms with Crippen LogP contribution < -0.4 is 0 Å². The Bertz CT molecular complexity index is 541. The molecule has 122 valence electrons. The maximum absolute atomic E-state index is 12.0. The summed E-state index contributed by atoms with van der Waals surface area (Å²) in [6, 6.07) is 0.115. The molecule has 0 atom stereocenters. The van der Waals surface area contributed by atoms with Crippen LogP contribution in [0, 0.1) is 0 Å². The van der Waals surface area contributed by atoms with Crippen LogP contribution in [0.3, 0.4) is 0 Å². The standard InChI is InChI=1S/C14H22N4O4/c1-14(2,3)22-13(20)17-7-5-10(6-8-17)18-9-11(15-16-18)12(19)21-4/h9-10H,5-8H2,1-4H3. The molecule has 8 heteroatoms. The predicted molar refractivity (Wildman–Crippen MR) is 77.4 cm³/mol. The molecule has 8 nitrogen and oxygen atoms in total. The molecule has 0 aliphatic carbocycles. The summed E-state index contributed by atoms with van der Waals surface area (Å²) in [5.41, 5.74) is -0.299. The minimum absolute atomic E-state index is 0.115. The Hall–Kier alpha value is -2.12. The average Bonchev–Trinajstić information content (AvgIpc) is 2.94. The van der Waals surface area contributed by atoms with Crippen molar-refractivity contribution in [3.8, 4) is 0 Å². The minimum atomic E-state index is -0.502. The zero-order valence-electron chi connectivity index (χ0n) is 13.4. The van der Waals surface area contributed by atoms with Crippen molar-refractivity contribution in [1.82, 2.24) is 19.9 Å². The summed E-state index contributed by atoms with van der Waals surface area (Å²) in [5, 5.41) is 7.77. The van der Waals surface area contributed by atoms with Gasteiger partial charge in [-0.1, -0.05) is 5.21 Å². The van der Waals surface area contributed by atoms with Gasteiger partial charge in [0.05, 0.1) is 19.3 Å². The van der Waals surface area contributed by atoms with Gasteiger partial charge in [0.15, 0.2) is 5.69 Å². The number of likely N-dealkylation sites (tertiary alicyclic amines) is 1. The fourth-order valence-electron chi connectivity index (χ4n) is 2.29. The van der Waals surface area contributed by atoms with E-state index in [2.05, 4.69) is 15.0 Å². The zero-order chi connectivity index (χ0) is 16.3. The molecule has 22 heavy (non-hydrogen) atoms. The molecule has 0 N–H and O–H groups in total. The summed E-state index contributed by atoms with van der Waals surface area (Å²) in [5.74, 6) is -0.502. The number of hydrogen-bond donors (Lipinski definition) is 0. The molecule has 2 rings (SSSR count). The number of piperidine rings is 1. The fourth-order valence-corrected chi connectivity index (χ4v) is 2.29. The molecule has 1 aliphatic rings. The van der Waals surface area contributed by atoms with E-state index in [-0.39, 0.29) is 17.8 Å². The fraction of sp³-hybridized carbons (Fsp3) is 0.714. The lowest BCUT2D eigenvalue weighted by Gasteiger charge is -2.33. The number of amides is 1. The predicted octanol–water partition coefficient (Wildman–Crippen LogP) is 1.64. The molecular formula is C14H22N4O4. The summed E-state index contributed by atoms with van der Waals surface area (Å²) in [7, 11) is 1.31. The minimum Gasteiger partial charge on any atom is -0.464 e. The number of aromatic nitrogens is 3. The van der Waals surface area contributed by atoms with E-state index in [1.54, 1.807) is 15.8 Å². The second-order valence-electron chi connectivity index (χ2n) is 6.27. The maximum Gasteiger partial charge on any atom is 0.410 e. The number of nitrogens with zero attached hydrogens (tertiary/aromatic N) is 4. The van der Waals surface area contributed by atoms with Crippen LogP contribution in [-0.4, -0.2) is 57.8 Å². The van der Waals surface area contributed by atoms with E-state index in [0.29, 0.717) is 13.1 Å². The summed E-state index contributed by atoms with van der Waals surface area (Å²) >= 11 is 0. The lowest BCUT2D eigenvalue weighted by molar-refractivity contribution is 0.0184. The first-order chi connectivity index (χ1) is 10.3. The van der Waals surface area contributed by atoms with Gasteiger partial charge in [0.1, 0.15) is 5.60 Å². The van der Waals surface area contributed by atoms with Crippen molar-refractivity contribution >= 4 is 12.1 Å². The molecule has 1 aromatic heterocycles. The monoisotopic (exact) mass is 310 g/mol. The first kappa shape index (κ1) is 16.3. The van der Waals surface area contributed by atoms with Crippen LogP contribution >= 0.6 is 0 Å². The van der Waals surface area contributed by atoms with Crippen LogP contribution in [0.2, 0.25) is 0 Å². The number of carbonyl (C=O) groups excluding carboxylic acids is 2. The van der Waals surface area contributed by atoms with Gasteiger partial charge in [-0.3, -0.25) is 0 Å². The molecule has 1 aromatic rings. The van der Waals surface area contributed by atoms with Crippen molar-refractivity contribution in [1.29, 1.82) is 0 Å². The number of esters is 1. The molecule has 0 aromatic carbocycles. The van der Waals surface area contributed by atoms with Crippen molar-refractivity contribution in [3.63, 3.8) is 0 Å².